The van der Waals surface area contributed by atoms with E-state index in [9.17, 15) is 0 Å². The first kappa shape index (κ1) is 30.5. The monoisotopic (exact) mass is 640 g/mol. The molecule has 0 bridgehead atoms. The van der Waals surface area contributed by atoms with Crippen LogP contribution in [0.25, 0.3) is 56.2 Å². The zero-order valence-corrected chi connectivity index (χ0v) is 27.3. The van der Waals surface area contributed by atoms with E-state index in [1.165, 1.54) is 0 Å². The van der Waals surface area contributed by atoms with Gasteiger partial charge in [-0.05, 0) is 81.9 Å². The average molecular weight is 641 g/mol. The van der Waals surface area contributed by atoms with Gasteiger partial charge in [-0.25, -0.2) is 0 Å². The summed E-state index contributed by atoms with van der Waals surface area (Å²) in [6.45, 7) is 0. The molecule has 4 aromatic carbocycles. The Kier molecular flexibility index (Phi) is 8.64. The fourth-order valence-electron chi connectivity index (χ4n) is 6.28. The molecule has 0 N–H and O–H groups in total. The summed E-state index contributed by atoms with van der Waals surface area (Å²) in [6.07, 6.45) is 7.33. The van der Waals surface area contributed by atoms with Crippen LogP contribution in [0.2, 0.25) is 0 Å². The molecule has 0 unspecified atom stereocenters. The molecule has 0 fully saturated rings. The lowest BCUT2D eigenvalue weighted by Crippen LogP contribution is -1.98. The zero-order chi connectivity index (χ0) is 33.5. The molecule has 8 aromatic rings. The highest BCUT2D eigenvalue weighted by Crippen LogP contribution is 2.39. The van der Waals surface area contributed by atoms with Crippen LogP contribution in [0.1, 0.15) is 22.3 Å². The van der Waals surface area contributed by atoms with E-state index in [0.717, 1.165) is 78.4 Å². The number of hydrogen-bond donors (Lipinski definition) is 0. The Morgan fingerprint density at radius 1 is 0.240 bits per heavy atom. The third kappa shape index (κ3) is 6.51. The maximum Gasteiger partial charge on any atom is 0.0701 e. The summed E-state index contributed by atoms with van der Waals surface area (Å²) in [5.41, 5.74) is 14.7. The van der Waals surface area contributed by atoms with Gasteiger partial charge in [0.15, 0.2) is 0 Å². The van der Waals surface area contributed by atoms with Crippen molar-refractivity contribution in [2.24, 2.45) is 0 Å². The predicted octanol–water partition coefficient (Wildman–Crippen LogP) is 10.9. The largest absolute Gasteiger partial charge is 0.256 e. The molecular weight excluding hydrogens is 609 g/mol. The topological polar surface area (TPSA) is 51.6 Å². The first-order chi connectivity index (χ1) is 24.8. The molecule has 0 radical (unpaired) electrons. The van der Waals surface area contributed by atoms with Crippen LogP contribution in [0.3, 0.4) is 0 Å². The SMILES string of the molecule is c1ccc(-c2ccc(C(=C(c3ccc(-c4ccccn4)cc3)c3ccc(-c4ccccn4)cc3)c3ccc(-c4ccccn4)cc3)cc2)nc1. The summed E-state index contributed by atoms with van der Waals surface area (Å²) in [6, 6.07) is 58.9. The van der Waals surface area contributed by atoms with Crippen LogP contribution >= 0.6 is 0 Å². The molecule has 4 nitrogen and oxygen atoms in total. The molecule has 0 aliphatic heterocycles. The molecule has 0 amide bonds. The molecule has 0 aliphatic carbocycles. The van der Waals surface area contributed by atoms with Gasteiger partial charge in [0.2, 0.25) is 0 Å². The van der Waals surface area contributed by atoms with Gasteiger partial charge in [-0.2, -0.15) is 0 Å². The van der Waals surface area contributed by atoms with Crippen molar-refractivity contribution in [2.45, 2.75) is 0 Å². The van der Waals surface area contributed by atoms with E-state index in [2.05, 4.69) is 117 Å². The second-order valence-electron chi connectivity index (χ2n) is 11.9. The molecule has 4 heteroatoms. The van der Waals surface area contributed by atoms with Crippen LogP contribution in [-0.2, 0) is 0 Å². The maximum atomic E-state index is 4.59. The van der Waals surface area contributed by atoms with Crippen LogP contribution in [-0.4, -0.2) is 19.9 Å². The van der Waals surface area contributed by atoms with Crippen molar-refractivity contribution >= 4 is 11.1 Å². The number of nitrogens with zero attached hydrogens (tertiary/aromatic N) is 4. The van der Waals surface area contributed by atoms with Crippen LogP contribution < -0.4 is 0 Å². The molecule has 0 atom stereocenters. The van der Waals surface area contributed by atoms with Crippen molar-refractivity contribution in [3.05, 3.63) is 217 Å². The Morgan fingerprint density at radius 3 is 0.640 bits per heavy atom. The lowest BCUT2D eigenvalue weighted by Gasteiger charge is -2.19. The second kappa shape index (κ2) is 14.1. The van der Waals surface area contributed by atoms with Gasteiger partial charge in [-0.1, -0.05) is 121 Å². The van der Waals surface area contributed by atoms with E-state index < -0.39 is 0 Å². The summed E-state index contributed by atoms with van der Waals surface area (Å²) in [5, 5.41) is 0. The summed E-state index contributed by atoms with van der Waals surface area (Å²) >= 11 is 0. The quantitative estimate of drug-likeness (QED) is 0.155. The number of aromatic nitrogens is 4. The maximum absolute atomic E-state index is 4.59. The lowest BCUT2D eigenvalue weighted by molar-refractivity contribution is 1.32. The Hall–Kier alpha value is -6.78. The van der Waals surface area contributed by atoms with Gasteiger partial charge in [0.05, 0.1) is 22.8 Å². The molecule has 0 saturated heterocycles. The van der Waals surface area contributed by atoms with E-state index >= 15 is 0 Å². The molecule has 0 spiro atoms. The zero-order valence-electron chi connectivity index (χ0n) is 27.3. The third-order valence-electron chi connectivity index (χ3n) is 8.79. The van der Waals surface area contributed by atoms with E-state index in [4.69, 9.17) is 0 Å². The summed E-state index contributed by atoms with van der Waals surface area (Å²) in [4.78, 5) is 18.4. The molecular formula is C46H32N4. The Bertz CT molecular complexity index is 1990. The van der Waals surface area contributed by atoms with E-state index in [1.807, 2.05) is 97.6 Å². The molecule has 8 rings (SSSR count). The standard InChI is InChI=1S/C46H32N4/c1-5-29-47-41(9-1)33-13-21-37(22-14-33)45(38-23-15-34(16-24-38)42-10-2-6-30-48-42)46(39-25-17-35(18-26-39)43-11-3-7-31-49-43)40-27-19-36(20-28-40)44-12-4-8-32-50-44/h1-32H. The first-order valence-electron chi connectivity index (χ1n) is 16.6. The van der Waals surface area contributed by atoms with Crippen LogP contribution in [0.15, 0.2) is 195 Å². The molecule has 0 saturated carbocycles. The van der Waals surface area contributed by atoms with E-state index in [-0.39, 0.29) is 0 Å². The van der Waals surface area contributed by atoms with Crippen molar-refractivity contribution in [3.8, 4) is 45.0 Å². The third-order valence-corrected chi connectivity index (χ3v) is 8.79. The molecule has 50 heavy (non-hydrogen) atoms. The predicted molar refractivity (Wildman–Crippen MR) is 204 cm³/mol. The highest BCUT2D eigenvalue weighted by molar-refractivity contribution is 6.05. The van der Waals surface area contributed by atoms with Crippen molar-refractivity contribution < 1.29 is 0 Å². The van der Waals surface area contributed by atoms with Gasteiger partial charge in [0.1, 0.15) is 0 Å². The molecule has 4 heterocycles. The van der Waals surface area contributed by atoms with Crippen LogP contribution in [0, 0.1) is 0 Å². The number of hydrogen-bond acceptors (Lipinski definition) is 4. The average Bonchev–Trinajstić information content (AvgIpc) is 3.22. The first-order valence-corrected chi connectivity index (χ1v) is 16.6. The van der Waals surface area contributed by atoms with Gasteiger partial charge in [-0.3, -0.25) is 19.9 Å². The normalized spacial score (nSPS) is 10.8. The highest BCUT2D eigenvalue weighted by Gasteiger charge is 2.18. The number of benzene rings is 4. The minimum absolute atomic E-state index is 0.944. The van der Waals surface area contributed by atoms with Gasteiger partial charge < -0.3 is 0 Å². The summed E-state index contributed by atoms with van der Waals surface area (Å²) < 4.78 is 0. The highest BCUT2D eigenvalue weighted by atomic mass is 14.7. The minimum Gasteiger partial charge on any atom is -0.256 e. The Morgan fingerprint density at radius 2 is 0.460 bits per heavy atom. The fraction of sp³-hybridized carbons (Fsp3) is 0. The lowest BCUT2D eigenvalue weighted by atomic mass is 9.84. The minimum atomic E-state index is 0.944. The van der Waals surface area contributed by atoms with Crippen molar-refractivity contribution in [3.63, 3.8) is 0 Å². The summed E-state index contributed by atoms with van der Waals surface area (Å²) in [5.74, 6) is 0. The van der Waals surface area contributed by atoms with Crippen molar-refractivity contribution in [1.82, 2.24) is 19.9 Å². The second-order valence-corrected chi connectivity index (χ2v) is 11.9. The van der Waals surface area contributed by atoms with Gasteiger partial charge in [-0.15, -0.1) is 0 Å². The molecule has 4 aromatic heterocycles. The molecule has 0 aliphatic rings. The number of pyridine rings is 4. The fourth-order valence-corrected chi connectivity index (χ4v) is 6.28. The van der Waals surface area contributed by atoms with E-state index in [1.54, 1.807) is 0 Å². The summed E-state index contributed by atoms with van der Waals surface area (Å²) in [7, 11) is 0. The Balaban J connectivity index is 1.33. The van der Waals surface area contributed by atoms with Crippen molar-refractivity contribution in [1.29, 1.82) is 0 Å². The van der Waals surface area contributed by atoms with E-state index in [0.29, 0.717) is 0 Å². The van der Waals surface area contributed by atoms with Crippen molar-refractivity contribution in [2.75, 3.05) is 0 Å². The van der Waals surface area contributed by atoms with Gasteiger partial charge in [0, 0.05) is 47.0 Å². The van der Waals surface area contributed by atoms with Gasteiger partial charge in [0.25, 0.3) is 0 Å². The van der Waals surface area contributed by atoms with Gasteiger partial charge >= 0.3 is 0 Å². The smallest absolute Gasteiger partial charge is 0.0701 e. The number of rotatable bonds is 8. The van der Waals surface area contributed by atoms with Crippen LogP contribution in [0.4, 0.5) is 0 Å². The molecule has 236 valence electrons. The Labute approximate surface area is 292 Å². The van der Waals surface area contributed by atoms with Crippen LogP contribution in [0.5, 0.6) is 0 Å².